The van der Waals surface area contributed by atoms with Crippen LogP contribution >= 0.6 is 0 Å². The van der Waals surface area contributed by atoms with E-state index in [4.69, 9.17) is 5.73 Å². The molecule has 7 aromatic carbocycles. The lowest BCUT2D eigenvalue weighted by Crippen LogP contribution is -2.37. The Bertz CT molecular complexity index is 2140. The van der Waals surface area contributed by atoms with Crippen LogP contribution in [-0.4, -0.2) is 0 Å². The van der Waals surface area contributed by atoms with Crippen LogP contribution in [0.3, 0.4) is 0 Å². The van der Waals surface area contributed by atoms with Crippen LogP contribution in [0.2, 0.25) is 0 Å². The maximum absolute atomic E-state index is 6.54. The van der Waals surface area contributed by atoms with Gasteiger partial charge in [-0.3, -0.25) is 5.32 Å². The smallest absolute Gasteiger partial charge is 0.104 e. The Balaban J connectivity index is 1.07. The van der Waals surface area contributed by atoms with Crippen molar-refractivity contribution in [3.63, 3.8) is 0 Å². The highest BCUT2D eigenvalue weighted by atomic mass is 15.2. The summed E-state index contributed by atoms with van der Waals surface area (Å²) < 4.78 is 0. The Morgan fingerprint density at radius 2 is 1.17 bits per heavy atom. The van der Waals surface area contributed by atoms with Gasteiger partial charge in [0.15, 0.2) is 0 Å². The van der Waals surface area contributed by atoms with Crippen molar-refractivity contribution in [2.24, 2.45) is 0 Å². The van der Waals surface area contributed by atoms with Crippen LogP contribution in [0.1, 0.15) is 51.6 Å². The van der Waals surface area contributed by atoms with Gasteiger partial charge in [-0.25, -0.2) is 0 Å². The molecule has 8 rings (SSSR count). The quantitative estimate of drug-likeness (QED) is 0.139. The monoisotopic (exact) mass is 596 g/mol. The molecule has 4 nitrogen and oxygen atoms in total. The second-order valence-corrected chi connectivity index (χ2v) is 12.1. The van der Waals surface area contributed by atoms with Crippen molar-refractivity contribution in [2.45, 2.75) is 24.8 Å². The third kappa shape index (κ3) is 5.28. The molecule has 7 aromatic rings. The van der Waals surface area contributed by atoms with Gasteiger partial charge in [0.1, 0.15) is 6.17 Å². The normalized spacial score (nSPS) is 16.5. The molecule has 46 heavy (non-hydrogen) atoms. The average molecular weight is 597 g/mol. The zero-order chi connectivity index (χ0) is 30.9. The van der Waals surface area contributed by atoms with E-state index in [1.165, 1.54) is 49.4 Å². The summed E-state index contributed by atoms with van der Waals surface area (Å²) >= 11 is 0. The fourth-order valence-corrected chi connectivity index (χ4v) is 6.98. The van der Waals surface area contributed by atoms with Gasteiger partial charge in [0.2, 0.25) is 0 Å². The minimum absolute atomic E-state index is 0.0339. The Morgan fingerprint density at radius 1 is 0.565 bits per heavy atom. The number of para-hydroxylation sites is 2. The van der Waals surface area contributed by atoms with Gasteiger partial charge < -0.3 is 16.4 Å². The van der Waals surface area contributed by atoms with Gasteiger partial charge >= 0.3 is 0 Å². The van der Waals surface area contributed by atoms with E-state index in [0.29, 0.717) is 6.54 Å². The number of anilines is 2. The average Bonchev–Trinajstić information content (AvgIpc) is 3.12. The second-order valence-electron chi connectivity index (χ2n) is 12.1. The van der Waals surface area contributed by atoms with E-state index in [2.05, 4.69) is 162 Å². The van der Waals surface area contributed by atoms with E-state index in [9.17, 15) is 0 Å². The Morgan fingerprint density at radius 3 is 2.00 bits per heavy atom. The summed E-state index contributed by atoms with van der Waals surface area (Å²) in [6, 6.07) is 56.0. The highest BCUT2D eigenvalue weighted by molar-refractivity contribution is 5.88. The molecule has 0 aliphatic carbocycles. The Hall–Kier alpha value is -5.42. The first-order valence-electron chi connectivity index (χ1n) is 16.0. The van der Waals surface area contributed by atoms with Crippen molar-refractivity contribution in [3.8, 4) is 0 Å². The van der Waals surface area contributed by atoms with Gasteiger partial charge in [0, 0.05) is 17.9 Å². The van der Waals surface area contributed by atoms with Gasteiger partial charge in [0.05, 0.1) is 12.1 Å². The molecule has 0 fully saturated rings. The number of hydrogen-bond donors (Lipinski definition) is 4. The summed E-state index contributed by atoms with van der Waals surface area (Å²) in [5, 5.41) is 16.5. The van der Waals surface area contributed by atoms with Crippen molar-refractivity contribution in [3.05, 3.63) is 191 Å². The predicted octanol–water partition coefficient (Wildman–Crippen LogP) is 9.26. The third-order valence-corrected chi connectivity index (χ3v) is 9.30. The second kappa shape index (κ2) is 12.2. The first kappa shape index (κ1) is 28.1. The van der Waals surface area contributed by atoms with Crippen LogP contribution in [0.15, 0.2) is 158 Å². The number of nitrogens with one attached hydrogen (secondary N) is 3. The zero-order valence-corrected chi connectivity index (χ0v) is 25.5. The molecular formula is C42H36N4. The lowest BCUT2D eigenvalue weighted by atomic mass is 9.90. The maximum Gasteiger partial charge on any atom is 0.104 e. The number of nitrogen functional groups attached to an aromatic ring is 1. The summed E-state index contributed by atoms with van der Waals surface area (Å²) in [4.78, 5) is 0. The molecule has 0 amide bonds. The van der Waals surface area contributed by atoms with Crippen molar-refractivity contribution < 1.29 is 0 Å². The molecule has 4 heteroatoms. The molecule has 0 saturated carbocycles. The van der Waals surface area contributed by atoms with Crippen LogP contribution < -0.4 is 21.7 Å². The minimum Gasteiger partial charge on any atom is -0.398 e. The van der Waals surface area contributed by atoms with E-state index in [0.717, 1.165) is 16.9 Å². The predicted molar refractivity (Wildman–Crippen MR) is 192 cm³/mol. The fraction of sp³-hybridized carbons (Fsp3) is 0.0952. The molecule has 0 aromatic heterocycles. The molecule has 3 atom stereocenters. The lowest BCUT2D eigenvalue weighted by molar-refractivity contribution is 0.508. The molecule has 0 bridgehead atoms. The molecule has 0 radical (unpaired) electrons. The summed E-state index contributed by atoms with van der Waals surface area (Å²) in [6.45, 7) is 0.704. The fourth-order valence-electron chi connectivity index (χ4n) is 6.98. The molecule has 1 aliphatic rings. The number of hydrogen-bond acceptors (Lipinski definition) is 4. The first-order chi connectivity index (χ1) is 22.7. The van der Waals surface area contributed by atoms with Crippen LogP contribution in [0, 0.1) is 0 Å². The molecule has 224 valence electrons. The number of rotatable bonds is 7. The minimum atomic E-state index is -0.0494. The van der Waals surface area contributed by atoms with Gasteiger partial charge in [-0.05, 0) is 67.1 Å². The highest BCUT2D eigenvalue weighted by Gasteiger charge is 2.28. The first-order valence-corrected chi connectivity index (χ1v) is 16.0. The highest BCUT2D eigenvalue weighted by Crippen LogP contribution is 2.39. The van der Waals surface area contributed by atoms with Crippen molar-refractivity contribution in [1.82, 2.24) is 10.6 Å². The number of nitrogens with two attached hydrogens (primary N) is 1. The van der Waals surface area contributed by atoms with Crippen LogP contribution in [0.4, 0.5) is 11.4 Å². The van der Waals surface area contributed by atoms with Crippen LogP contribution in [0.25, 0.3) is 21.5 Å². The zero-order valence-electron chi connectivity index (χ0n) is 25.5. The number of benzene rings is 7. The summed E-state index contributed by atoms with van der Waals surface area (Å²) in [6.07, 6.45) is -0.0339. The molecule has 0 spiro atoms. The molecule has 1 heterocycles. The van der Waals surface area contributed by atoms with E-state index < -0.39 is 0 Å². The van der Waals surface area contributed by atoms with E-state index in [-0.39, 0.29) is 18.2 Å². The van der Waals surface area contributed by atoms with Gasteiger partial charge in [-0.1, -0.05) is 146 Å². The molecule has 3 unspecified atom stereocenters. The van der Waals surface area contributed by atoms with E-state index in [1.54, 1.807) is 0 Å². The van der Waals surface area contributed by atoms with Gasteiger partial charge in [0.25, 0.3) is 0 Å². The Labute approximate surface area is 269 Å². The summed E-state index contributed by atoms with van der Waals surface area (Å²) in [7, 11) is 0. The molecule has 0 saturated heterocycles. The van der Waals surface area contributed by atoms with Crippen molar-refractivity contribution in [2.75, 3.05) is 11.1 Å². The van der Waals surface area contributed by atoms with Crippen molar-refractivity contribution >= 4 is 32.9 Å². The number of fused-ring (bicyclic) bond motifs is 3. The van der Waals surface area contributed by atoms with E-state index >= 15 is 0 Å². The topological polar surface area (TPSA) is 62.1 Å². The summed E-state index contributed by atoms with van der Waals surface area (Å²) in [5.74, 6) is 0. The van der Waals surface area contributed by atoms with Crippen LogP contribution in [0.5, 0.6) is 0 Å². The van der Waals surface area contributed by atoms with Gasteiger partial charge in [-0.2, -0.15) is 0 Å². The van der Waals surface area contributed by atoms with Gasteiger partial charge in [-0.15, -0.1) is 0 Å². The molecule has 1 aliphatic heterocycles. The van der Waals surface area contributed by atoms with E-state index in [1.807, 2.05) is 12.1 Å². The third-order valence-electron chi connectivity index (χ3n) is 9.30. The molecular weight excluding hydrogens is 560 g/mol. The SMILES string of the molecule is Nc1ccccc1C(NCc1ccc(C2Nc3ccccc3C(c3cccc4ccccc34)N2)cc1)c1cccc2ccccc12. The maximum atomic E-state index is 6.54. The summed E-state index contributed by atoms with van der Waals surface area (Å²) in [5.41, 5.74) is 15.8. The molecule has 5 N–H and O–H groups in total. The Kier molecular flexibility index (Phi) is 7.43. The standard InChI is InChI=1S/C42H36N4/c43-38-21-7-5-17-36(38)40(34-19-9-13-29-11-1-3-15-32(29)34)44-27-28-23-25-31(26-24-28)42-45-39-22-8-6-18-37(39)41(46-42)35-20-10-14-30-12-2-4-16-33(30)35/h1-26,40-42,44-46H,27,43H2. The lowest BCUT2D eigenvalue weighted by Gasteiger charge is -2.36. The largest absolute Gasteiger partial charge is 0.398 e. The van der Waals surface area contributed by atoms with Crippen molar-refractivity contribution in [1.29, 1.82) is 0 Å². The van der Waals surface area contributed by atoms with Crippen LogP contribution in [-0.2, 0) is 6.54 Å².